The van der Waals surface area contributed by atoms with Gasteiger partial charge in [0.05, 0.1) is 23.5 Å². The minimum atomic E-state index is -4.52. The van der Waals surface area contributed by atoms with Gasteiger partial charge in [-0.1, -0.05) is 0 Å². The number of rotatable bonds is 4. The number of amides is 2. The summed E-state index contributed by atoms with van der Waals surface area (Å²) in [5, 5.41) is 5.21. The summed E-state index contributed by atoms with van der Waals surface area (Å²) < 4.78 is 70.3. The summed E-state index contributed by atoms with van der Waals surface area (Å²) in [6, 6.07) is 3.62. The lowest BCUT2D eigenvalue weighted by Crippen LogP contribution is -2.44. The van der Waals surface area contributed by atoms with Crippen molar-refractivity contribution < 1.29 is 36.3 Å². The smallest absolute Gasteiger partial charge is 0.433 e. The molecule has 7 nitrogen and oxygen atoms in total. The van der Waals surface area contributed by atoms with Crippen molar-refractivity contribution in [3.63, 3.8) is 0 Å². The summed E-state index contributed by atoms with van der Waals surface area (Å²) in [7, 11) is 0. The van der Waals surface area contributed by atoms with E-state index in [1.54, 1.807) is 0 Å². The average Bonchev–Trinajstić information content (AvgIpc) is 3.16. The number of hydrogen-bond donors (Lipinski definition) is 3. The van der Waals surface area contributed by atoms with Gasteiger partial charge in [-0.15, -0.1) is 0 Å². The van der Waals surface area contributed by atoms with Gasteiger partial charge in [0.2, 0.25) is 0 Å². The third-order valence-corrected chi connectivity index (χ3v) is 5.52. The van der Waals surface area contributed by atoms with Gasteiger partial charge in [-0.25, -0.2) is 13.8 Å². The zero-order valence-electron chi connectivity index (χ0n) is 17.5. The highest BCUT2D eigenvalue weighted by atomic mass is 19.4. The van der Waals surface area contributed by atoms with Gasteiger partial charge in [-0.05, 0) is 43.9 Å². The molecule has 2 aromatic heterocycles. The minimum absolute atomic E-state index is 0.135. The van der Waals surface area contributed by atoms with Crippen molar-refractivity contribution in [1.29, 1.82) is 0 Å². The zero-order chi connectivity index (χ0) is 24.5. The lowest BCUT2D eigenvalue weighted by molar-refractivity contribution is -0.141. The van der Waals surface area contributed by atoms with Crippen LogP contribution >= 0.6 is 0 Å². The van der Waals surface area contributed by atoms with Gasteiger partial charge in [0, 0.05) is 23.7 Å². The lowest BCUT2D eigenvalue weighted by atomic mass is 9.93. The second-order valence-electron chi connectivity index (χ2n) is 7.91. The number of halogens is 5. The number of alkyl halides is 3. The third-order valence-electron chi connectivity index (χ3n) is 5.52. The van der Waals surface area contributed by atoms with E-state index in [0.29, 0.717) is 25.7 Å². The van der Waals surface area contributed by atoms with E-state index in [4.69, 9.17) is 4.74 Å². The molecule has 1 aliphatic carbocycles. The summed E-state index contributed by atoms with van der Waals surface area (Å²) in [4.78, 5) is 30.6. The number of ether oxygens (including phenoxy) is 1. The Morgan fingerprint density at radius 1 is 1.03 bits per heavy atom. The van der Waals surface area contributed by atoms with Crippen LogP contribution in [0.3, 0.4) is 0 Å². The van der Waals surface area contributed by atoms with E-state index in [-0.39, 0.29) is 34.5 Å². The molecule has 1 fully saturated rings. The molecular formula is C22H19F5N4O3. The monoisotopic (exact) mass is 482 g/mol. The van der Waals surface area contributed by atoms with Crippen molar-refractivity contribution in [3.8, 4) is 5.75 Å². The third kappa shape index (κ3) is 5.26. The van der Waals surface area contributed by atoms with Gasteiger partial charge < -0.3 is 20.4 Å². The highest BCUT2D eigenvalue weighted by molar-refractivity contribution is 6.40. The Bertz CT molecular complexity index is 1200. The summed E-state index contributed by atoms with van der Waals surface area (Å²) in [5.41, 5.74) is -0.609. The second-order valence-corrected chi connectivity index (χ2v) is 7.91. The Morgan fingerprint density at radius 2 is 1.74 bits per heavy atom. The van der Waals surface area contributed by atoms with Crippen molar-refractivity contribution in [3.05, 3.63) is 54.0 Å². The van der Waals surface area contributed by atoms with Crippen molar-refractivity contribution in [1.82, 2.24) is 15.3 Å². The fourth-order valence-corrected chi connectivity index (χ4v) is 3.79. The Hall–Kier alpha value is -3.70. The van der Waals surface area contributed by atoms with E-state index in [9.17, 15) is 31.5 Å². The molecule has 0 aliphatic heterocycles. The van der Waals surface area contributed by atoms with Crippen LogP contribution in [0.1, 0.15) is 31.4 Å². The van der Waals surface area contributed by atoms with Crippen LogP contribution in [0.5, 0.6) is 5.75 Å². The SMILES string of the molecule is O=C(Nc1c[nH]c2cc(F)c(F)cc12)C(=O)N[C@H]1CC[C@H](Oc2ccc(C(F)(F)F)nc2)CC1. The number of nitrogens with one attached hydrogen (secondary N) is 3. The van der Waals surface area contributed by atoms with Crippen molar-refractivity contribution >= 4 is 28.4 Å². The van der Waals surface area contributed by atoms with Crippen LogP contribution in [0.15, 0.2) is 36.7 Å². The summed E-state index contributed by atoms with van der Waals surface area (Å²) in [5.74, 6) is -3.75. The Balaban J connectivity index is 1.26. The molecule has 2 amide bonds. The number of nitrogens with zero attached hydrogens (tertiary/aromatic N) is 1. The maximum atomic E-state index is 13.5. The fraction of sp³-hybridized carbons (Fsp3) is 0.318. The fourth-order valence-electron chi connectivity index (χ4n) is 3.79. The van der Waals surface area contributed by atoms with E-state index < -0.39 is 35.3 Å². The molecule has 34 heavy (non-hydrogen) atoms. The first-order valence-electron chi connectivity index (χ1n) is 10.4. The standard InChI is InChI=1S/C22H19F5N4O3/c23-15-7-14-17(8-16(15)24)28-10-18(14)31-21(33)20(32)30-11-1-3-12(4-2-11)34-13-5-6-19(29-9-13)22(25,26)27/h5-12,28H,1-4H2,(H,30,32)(H,31,33)/t11-,12-. The summed E-state index contributed by atoms with van der Waals surface area (Å²) >= 11 is 0. The van der Waals surface area contributed by atoms with Crippen LogP contribution in [-0.4, -0.2) is 33.9 Å². The maximum absolute atomic E-state index is 13.5. The van der Waals surface area contributed by atoms with Crippen molar-refractivity contribution in [2.75, 3.05) is 5.32 Å². The van der Waals surface area contributed by atoms with E-state index in [0.717, 1.165) is 24.4 Å². The number of pyridine rings is 1. The topological polar surface area (TPSA) is 96.1 Å². The van der Waals surface area contributed by atoms with Crippen LogP contribution in [-0.2, 0) is 15.8 Å². The second kappa shape index (κ2) is 9.27. The first-order chi connectivity index (χ1) is 16.1. The highest BCUT2D eigenvalue weighted by Crippen LogP contribution is 2.30. The van der Waals surface area contributed by atoms with Crippen molar-refractivity contribution in [2.45, 2.75) is 44.0 Å². The number of carbonyl (C=O) groups excluding carboxylic acids is 2. The molecule has 12 heteroatoms. The van der Waals surface area contributed by atoms with Crippen LogP contribution in [0.25, 0.3) is 10.9 Å². The Labute approximate surface area is 189 Å². The normalized spacial score (nSPS) is 18.5. The van der Waals surface area contributed by atoms with Crippen molar-refractivity contribution in [2.24, 2.45) is 0 Å². The van der Waals surface area contributed by atoms with E-state index >= 15 is 0 Å². The number of benzene rings is 1. The zero-order valence-corrected chi connectivity index (χ0v) is 17.5. The molecule has 4 rings (SSSR count). The largest absolute Gasteiger partial charge is 0.489 e. The number of aromatic nitrogens is 2. The molecule has 3 N–H and O–H groups in total. The molecule has 1 aromatic carbocycles. The molecule has 0 unspecified atom stereocenters. The predicted molar refractivity (Wildman–Crippen MR) is 111 cm³/mol. The molecule has 1 aliphatic rings. The quantitative estimate of drug-likeness (QED) is 0.382. The first kappa shape index (κ1) is 23.5. The molecule has 0 saturated heterocycles. The number of anilines is 1. The summed E-state index contributed by atoms with van der Waals surface area (Å²) in [6.45, 7) is 0. The molecule has 180 valence electrons. The molecule has 0 spiro atoms. The average molecular weight is 482 g/mol. The number of fused-ring (bicyclic) bond motifs is 1. The van der Waals surface area contributed by atoms with Crippen LogP contribution in [0.4, 0.5) is 27.6 Å². The van der Waals surface area contributed by atoms with Gasteiger partial charge in [-0.2, -0.15) is 13.2 Å². The Morgan fingerprint density at radius 3 is 2.38 bits per heavy atom. The number of aromatic amines is 1. The van der Waals surface area contributed by atoms with Crippen LogP contribution < -0.4 is 15.4 Å². The van der Waals surface area contributed by atoms with Gasteiger partial charge in [-0.3, -0.25) is 9.59 Å². The Kier molecular flexibility index (Phi) is 6.40. The van der Waals surface area contributed by atoms with Gasteiger partial charge >= 0.3 is 18.0 Å². The van der Waals surface area contributed by atoms with E-state index in [2.05, 4.69) is 20.6 Å². The molecule has 3 aromatic rings. The first-order valence-corrected chi connectivity index (χ1v) is 10.4. The van der Waals surface area contributed by atoms with Gasteiger partial charge in [0.25, 0.3) is 0 Å². The highest BCUT2D eigenvalue weighted by Gasteiger charge is 2.32. The molecule has 0 atom stereocenters. The number of hydrogen-bond acceptors (Lipinski definition) is 4. The molecule has 0 bridgehead atoms. The molecule has 2 heterocycles. The lowest BCUT2D eigenvalue weighted by Gasteiger charge is -2.29. The summed E-state index contributed by atoms with van der Waals surface area (Å²) in [6.07, 6.45) is -0.420. The van der Waals surface area contributed by atoms with Gasteiger partial charge in [0.1, 0.15) is 11.4 Å². The molecule has 0 radical (unpaired) electrons. The maximum Gasteiger partial charge on any atom is 0.433 e. The molecule has 1 saturated carbocycles. The van der Waals surface area contributed by atoms with E-state index in [1.807, 2.05) is 0 Å². The van der Waals surface area contributed by atoms with Crippen LogP contribution in [0, 0.1) is 11.6 Å². The minimum Gasteiger partial charge on any atom is -0.489 e. The number of carbonyl (C=O) groups is 2. The number of H-pyrrole nitrogens is 1. The molecular weight excluding hydrogens is 463 g/mol. The predicted octanol–water partition coefficient (Wildman–Crippen LogP) is 4.30. The van der Waals surface area contributed by atoms with E-state index in [1.165, 1.54) is 12.3 Å². The van der Waals surface area contributed by atoms with Crippen LogP contribution in [0.2, 0.25) is 0 Å². The van der Waals surface area contributed by atoms with Gasteiger partial charge in [0.15, 0.2) is 11.6 Å².